The second-order valence-corrected chi connectivity index (χ2v) is 8.50. The molecule has 20 heavy (non-hydrogen) atoms. The third-order valence-corrected chi connectivity index (χ3v) is 6.43. The van der Waals surface area contributed by atoms with Gasteiger partial charge in [-0.2, -0.15) is 0 Å². The summed E-state index contributed by atoms with van der Waals surface area (Å²) in [5.74, 6) is 0. The van der Waals surface area contributed by atoms with Gasteiger partial charge in [-0.05, 0) is 54.7 Å². The van der Waals surface area contributed by atoms with Gasteiger partial charge in [-0.1, -0.05) is 29.8 Å². The summed E-state index contributed by atoms with van der Waals surface area (Å²) in [5.41, 5.74) is 0.717. The van der Waals surface area contributed by atoms with Crippen molar-refractivity contribution in [3.63, 3.8) is 0 Å². The summed E-state index contributed by atoms with van der Waals surface area (Å²) < 4.78 is 18.3. The fraction of sp³-hybridized carbons (Fsp3) is 0.143. The summed E-state index contributed by atoms with van der Waals surface area (Å²) in [7, 11) is 0. The van der Waals surface area contributed by atoms with Crippen molar-refractivity contribution >= 4 is 35.4 Å². The summed E-state index contributed by atoms with van der Waals surface area (Å²) in [6.45, 7) is -0.861. The molecule has 1 unspecified atom stereocenters. The zero-order valence-electron chi connectivity index (χ0n) is 11.0. The van der Waals surface area contributed by atoms with Gasteiger partial charge < -0.3 is 9.61 Å². The van der Waals surface area contributed by atoms with Gasteiger partial charge in [-0.25, -0.2) is 0 Å². The van der Waals surface area contributed by atoms with Gasteiger partial charge in [0, 0.05) is 15.6 Å². The first-order chi connectivity index (χ1) is 9.61. The number of nitrogens with one attached hydrogen (secondary N) is 1. The monoisotopic (exact) mass is 327 g/mol. The maximum absolute atomic E-state index is 12.8. The second kappa shape index (κ2) is 7.19. The van der Waals surface area contributed by atoms with Crippen molar-refractivity contribution in [1.82, 2.24) is 0 Å². The van der Waals surface area contributed by atoms with E-state index >= 15 is 0 Å². The highest BCUT2D eigenvalue weighted by atomic mass is 35.5. The molecule has 2 aromatic rings. The minimum absolute atomic E-state index is 0.373. The lowest BCUT2D eigenvalue weighted by Crippen LogP contribution is -1.98. The van der Waals surface area contributed by atoms with E-state index in [0.717, 1.165) is 10.6 Å². The normalized spacial score (nSPS) is 13.7. The first kappa shape index (κ1) is 15.5. The number of rotatable bonds is 6. The molecule has 1 N–H and O–H groups in total. The lowest BCUT2D eigenvalue weighted by Gasteiger charge is -2.19. The molecule has 0 heterocycles. The maximum Gasteiger partial charge on any atom is 0.355 e. The minimum atomic E-state index is -3.05. The zero-order valence-corrected chi connectivity index (χ0v) is 13.4. The van der Waals surface area contributed by atoms with Crippen molar-refractivity contribution < 1.29 is 9.09 Å². The van der Waals surface area contributed by atoms with E-state index in [1.807, 2.05) is 37.3 Å². The van der Waals surface area contributed by atoms with E-state index < -0.39 is 6.72 Å². The summed E-state index contributed by atoms with van der Waals surface area (Å²) >= 11 is 7.04. The molecule has 0 radical (unpaired) electrons. The molecule has 2 rings (SSSR count). The van der Waals surface area contributed by atoms with Gasteiger partial charge in [-0.15, -0.1) is 0 Å². The Labute approximate surface area is 127 Å². The van der Waals surface area contributed by atoms with Crippen LogP contribution in [0.5, 0.6) is 0 Å². The molecule has 0 saturated heterocycles. The molecule has 0 amide bonds. The van der Waals surface area contributed by atoms with Crippen LogP contribution in [0.2, 0.25) is 5.02 Å². The van der Waals surface area contributed by atoms with Crippen molar-refractivity contribution in [3.05, 3.63) is 59.6 Å². The van der Waals surface area contributed by atoms with Crippen molar-refractivity contribution in [3.8, 4) is 0 Å². The Hall–Kier alpha value is -0.930. The third-order valence-electron chi connectivity index (χ3n) is 2.38. The fourth-order valence-electron chi connectivity index (χ4n) is 1.55. The van der Waals surface area contributed by atoms with E-state index in [0.29, 0.717) is 11.6 Å². The molecule has 0 aliphatic rings. The minimum Gasteiger partial charge on any atom is -0.307 e. The first-order valence-electron chi connectivity index (χ1n) is 6.14. The molecule has 0 bridgehead atoms. The van der Waals surface area contributed by atoms with Crippen LogP contribution in [-0.4, -0.2) is 6.61 Å². The summed E-state index contributed by atoms with van der Waals surface area (Å²) in [6, 6.07) is 16.6. The Morgan fingerprint density at radius 1 is 1.15 bits per heavy atom. The van der Waals surface area contributed by atoms with E-state index in [-0.39, 0.29) is 0 Å². The standard InChI is InChI=1S/C14H15ClNO2PS/c1-2-18-19(17,20-14-6-4-3-5-7-14)16-13-10-8-12(15)9-11-13/h3-11H,2H2,1H3,(H,16,17). The van der Waals surface area contributed by atoms with Crippen LogP contribution in [0.25, 0.3) is 0 Å². The summed E-state index contributed by atoms with van der Waals surface area (Å²) in [5, 5.41) is 3.61. The highest BCUT2D eigenvalue weighted by Crippen LogP contribution is 2.61. The third kappa shape index (κ3) is 4.57. The number of hydrogen-bond acceptors (Lipinski definition) is 3. The van der Waals surface area contributed by atoms with Crippen LogP contribution >= 0.6 is 29.7 Å². The van der Waals surface area contributed by atoms with Gasteiger partial charge in [0.15, 0.2) is 0 Å². The highest BCUT2D eigenvalue weighted by Gasteiger charge is 2.24. The predicted octanol–water partition coefficient (Wildman–Crippen LogP) is 5.69. The van der Waals surface area contributed by atoms with Crippen LogP contribution in [0, 0.1) is 0 Å². The van der Waals surface area contributed by atoms with Crippen LogP contribution < -0.4 is 5.09 Å². The molecule has 0 aliphatic carbocycles. The average molecular weight is 328 g/mol. The maximum atomic E-state index is 12.8. The molecule has 106 valence electrons. The Bertz CT molecular complexity index is 592. The molecule has 2 aromatic carbocycles. The van der Waals surface area contributed by atoms with Crippen molar-refractivity contribution in [2.24, 2.45) is 0 Å². The molecule has 1 atom stereocenters. The van der Waals surface area contributed by atoms with E-state index in [1.165, 1.54) is 11.4 Å². The Kier molecular flexibility index (Phi) is 5.55. The van der Waals surface area contributed by atoms with Gasteiger partial charge in [0.1, 0.15) is 0 Å². The van der Waals surface area contributed by atoms with Crippen molar-refractivity contribution in [1.29, 1.82) is 0 Å². The summed E-state index contributed by atoms with van der Waals surface area (Å²) in [6.07, 6.45) is 0. The first-order valence-corrected chi connectivity index (χ1v) is 9.57. The number of benzene rings is 2. The number of anilines is 1. The van der Waals surface area contributed by atoms with Gasteiger partial charge in [-0.3, -0.25) is 4.57 Å². The van der Waals surface area contributed by atoms with Crippen molar-refractivity contribution in [2.75, 3.05) is 11.7 Å². The SMILES string of the molecule is CCOP(=O)(Nc1ccc(Cl)cc1)Sc1ccccc1. The molecule has 0 spiro atoms. The molecule has 0 aliphatic heterocycles. The lowest BCUT2D eigenvalue weighted by molar-refractivity contribution is 0.349. The molecular weight excluding hydrogens is 313 g/mol. The summed E-state index contributed by atoms with van der Waals surface area (Å²) in [4.78, 5) is 0.894. The largest absolute Gasteiger partial charge is 0.355 e. The fourth-order valence-corrected chi connectivity index (χ4v) is 5.33. The van der Waals surface area contributed by atoms with Gasteiger partial charge in [0.05, 0.1) is 6.61 Å². The zero-order chi connectivity index (χ0) is 14.4. The Morgan fingerprint density at radius 2 is 1.80 bits per heavy atom. The second-order valence-electron chi connectivity index (χ2n) is 3.94. The van der Waals surface area contributed by atoms with Crippen molar-refractivity contribution in [2.45, 2.75) is 11.8 Å². The lowest BCUT2D eigenvalue weighted by atomic mass is 10.3. The predicted molar refractivity (Wildman–Crippen MR) is 86.6 cm³/mol. The Morgan fingerprint density at radius 3 is 2.40 bits per heavy atom. The van der Waals surface area contributed by atoms with Gasteiger partial charge in [0.25, 0.3) is 0 Å². The highest BCUT2D eigenvalue weighted by molar-refractivity contribution is 8.57. The smallest absolute Gasteiger partial charge is 0.307 e. The molecule has 3 nitrogen and oxygen atoms in total. The van der Waals surface area contributed by atoms with E-state index in [4.69, 9.17) is 16.1 Å². The molecule has 0 fully saturated rings. The molecule has 0 aromatic heterocycles. The topological polar surface area (TPSA) is 38.3 Å². The van der Waals surface area contributed by atoms with Crippen LogP contribution in [0.4, 0.5) is 5.69 Å². The van der Waals surface area contributed by atoms with Crippen LogP contribution in [0.1, 0.15) is 6.92 Å². The number of hydrogen-bond donors (Lipinski definition) is 1. The van der Waals surface area contributed by atoms with Gasteiger partial charge in [0.2, 0.25) is 0 Å². The van der Waals surface area contributed by atoms with Crippen LogP contribution in [0.3, 0.4) is 0 Å². The molecular formula is C14H15ClNO2PS. The molecule has 0 saturated carbocycles. The van der Waals surface area contributed by atoms with Crippen LogP contribution in [0.15, 0.2) is 59.5 Å². The molecule has 6 heteroatoms. The van der Waals surface area contributed by atoms with E-state index in [2.05, 4.69) is 5.09 Å². The van der Waals surface area contributed by atoms with Gasteiger partial charge >= 0.3 is 6.72 Å². The van der Waals surface area contributed by atoms with Crippen LogP contribution in [-0.2, 0) is 9.09 Å². The number of halogens is 1. The quantitative estimate of drug-likeness (QED) is 0.692. The average Bonchev–Trinajstić information content (AvgIpc) is 2.42. The van der Waals surface area contributed by atoms with E-state index in [9.17, 15) is 4.57 Å². The Balaban J connectivity index is 2.16. The van der Waals surface area contributed by atoms with E-state index in [1.54, 1.807) is 24.3 Å².